The molecule has 36 nitrogen and oxygen atoms in total. The lowest BCUT2D eigenvalue weighted by Crippen LogP contribution is -2.50. The highest BCUT2D eigenvalue weighted by atomic mass is 16.8. The molecular weight excluding hydrogens is 1400 g/mol. The summed E-state index contributed by atoms with van der Waals surface area (Å²) in [4.78, 5) is 222. The summed E-state index contributed by atoms with van der Waals surface area (Å²) >= 11 is 0. The van der Waals surface area contributed by atoms with Gasteiger partial charge in [-0.3, -0.25) is 67.1 Å². The Bertz CT molecular complexity index is 3780. The summed E-state index contributed by atoms with van der Waals surface area (Å²) in [7, 11) is 15.7. The molecule has 582 valence electrons. The number of fused-ring (bicyclic) bond motifs is 4. The standard InChI is InChI=1S/C71H97N15O21/c1-71(2)106-64-65(107-71)67(74-52(88)29-28-50(69(101)103-42-44-22-16-15-17-23-44)73-70(102)104-43-49-47-26-20-18-24-45(47)46-25-19-21-27-48(46)49)105-66(64)68(100)86(14)41-63(99)85(13)40-62(98)84(12)39-61(97)83(11)38-60(96)82(10)37-59(95)81(9)36-58(94)80(8)35-57(93)79(7)34-56(92)78(6)33-55(91)77(5)32-54(90)76(4)31-53(89)75(3)30-51(72)87/h15-27,49-50,64-67H,28-43H2,1-14H3,(H2,72,87)(H,73,102)(H,74,88)/t50-,64-,65+,66-,67?/m0/s1. The van der Waals surface area contributed by atoms with Crippen LogP contribution in [-0.2, 0) is 102 Å². The van der Waals surface area contributed by atoms with Crippen LogP contribution in [0, 0.1) is 0 Å². The summed E-state index contributed by atoms with van der Waals surface area (Å²) in [5.41, 5.74) is 9.80. The van der Waals surface area contributed by atoms with Crippen LogP contribution in [0.4, 0.5) is 4.79 Å². The largest absolute Gasteiger partial charge is 0.459 e. The van der Waals surface area contributed by atoms with Gasteiger partial charge in [-0.2, -0.15) is 0 Å². The average molecular weight is 1500 g/mol. The van der Waals surface area contributed by atoms with Crippen molar-refractivity contribution in [3.8, 4) is 11.1 Å². The quantitative estimate of drug-likeness (QED) is 0.0487. The molecule has 0 saturated carbocycles. The number of hydrogen-bond donors (Lipinski definition) is 3. The first kappa shape index (κ1) is 84.8. The van der Waals surface area contributed by atoms with E-state index in [4.69, 9.17) is 29.4 Å². The predicted octanol–water partition coefficient (Wildman–Crippen LogP) is -3.24. The molecule has 5 atom stereocenters. The van der Waals surface area contributed by atoms with E-state index in [1.54, 1.807) is 44.2 Å². The second kappa shape index (κ2) is 38.2. The second-order valence-electron chi connectivity index (χ2n) is 27.2. The Labute approximate surface area is 620 Å². The number of rotatable bonds is 35. The van der Waals surface area contributed by atoms with Crippen molar-refractivity contribution < 1.29 is 100 Å². The van der Waals surface area contributed by atoms with Gasteiger partial charge < -0.3 is 98.9 Å². The van der Waals surface area contributed by atoms with Crippen molar-refractivity contribution in [2.45, 2.75) is 75.6 Å². The van der Waals surface area contributed by atoms with E-state index in [1.807, 2.05) is 48.5 Å². The molecule has 36 heteroatoms. The molecule has 3 aromatic rings. The maximum absolute atomic E-state index is 14.1. The third kappa shape index (κ3) is 24.2. The highest BCUT2D eigenvalue weighted by Crippen LogP contribution is 2.45. The van der Waals surface area contributed by atoms with Gasteiger partial charge in [0.1, 0.15) is 31.5 Å². The molecule has 2 saturated heterocycles. The van der Waals surface area contributed by atoms with Gasteiger partial charge in [-0.25, -0.2) is 9.59 Å². The molecule has 6 rings (SSSR count). The number of primary amides is 1. The molecule has 1 aliphatic carbocycles. The minimum absolute atomic E-state index is 0.0433. The number of ether oxygens (including phenoxy) is 5. The summed E-state index contributed by atoms with van der Waals surface area (Å²) in [5.74, 6) is -11.8. The number of amides is 15. The zero-order valence-electron chi connectivity index (χ0n) is 62.8. The van der Waals surface area contributed by atoms with Crippen molar-refractivity contribution in [2.24, 2.45) is 5.73 Å². The van der Waals surface area contributed by atoms with Gasteiger partial charge >= 0.3 is 12.1 Å². The predicted molar refractivity (Wildman–Crippen MR) is 379 cm³/mol. The number of nitrogens with one attached hydrogen (secondary N) is 2. The van der Waals surface area contributed by atoms with Gasteiger partial charge in [0, 0.05) is 96.9 Å². The van der Waals surface area contributed by atoms with Gasteiger partial charge in [-0.1, -0.05) is 78.9 Å². The maximum Gasteiger partial charge on any atom is 0.407 e. The van der Waals surface area contributed by atoms with Crippen molar-refractivity contribution in [3.63, 3.8) is 0 Å². The molecule has 3 aromatic carbocycles. The van der Waals surface area contributed by atoms with Crippen LogP contribution in [-0.4, -0.2) is 360 Å². The highest BCUT2D eigenvalue weighted by molar-refractivity contribution is 5.95. The van der Waals surface area contributed by atoms with E-state index in [2.05, 4.69) is 10.6 Å². The Kier molecular flexibility index (Phi) is 30.3. The van der Waals surface area contributed by atoms with Gasteiger partial charge in [-0.15, -0.1) is 0 Å². The molecule has 3 aliphatic rings. The Morgan fingerprint density at radius 1 is 0.430 bits per heavy atom. The van der Waals surface area contributed by atoms with Crippen LogP contribution >= 0.6 is 0 Å². The number of alkyl carbamates (subject to hydrolysis) is 1. The van der Waals surface area contributed by atoms with Crippen LogP contribution in [0.2, 0.25) is 0 Å². The van der Waals surface area contributed by atoms with E-state index in [0.29, 0.717) is 5.56 Å². The van der Waals surface area contributed by atoms with Crippen LogP contribution < -0.4 is 16.4 Å². The van der Waals surface area contributed by atoms with E-state index >= 15 is 0 Å². The molecule has 1 unspecified atom stereocenters. The van der Waals surface area contributed by atoms with Crippen LogP contribution in [0.1, 0.15) is 49.3 Å². The van der Waals surface area contributed by atoms with Gasteiger partial charge in [0.2, 0.25) is 76.8 Å². The van der Waals surface area contributed by atoms with Crippen molar-refractivity contribution in [3.05, 3.63) is 95.6 Å². The van der Waals surface area contributed by atoms with Crippen molar-refractivity contribution in [1.82, 2.24) is 69.4 Å². The molecule has 4 N–H and O–H groups in total. The van der Waals surface area contributed by atoms with E-state index in [0.717, 1.165) is 81.1 Å². The summed E-state index contributed by atoms with van der Waals surface area (Å²) in [6.07, 6.45) is -6.30. The molecule has 15 amide bonds. The molecular formula is C71H97N15O21. The maximum atomic E-state index is 14.1. The first-order valence-corrected chi connectivity index (χ1v) is 34.0. The van der Waals surface area contributed by atoms with Crippen LogP contribution in [0.5, 0.6) is 0 Å². The molecule has 2 fully saturated rings. The lowest BCUT2D eigenvalue weighted by atomic mass is 9.98. The van der Waals surface area contributed by atoms with E-state index in [9.17, 15) is 76.7 Å². The average Bonchev–Trinajstić information content (AvgIpc) is 1.61. The Balaban J connectivity index is 0.899. The second-order valence-corrected chi connectivity index (χ2v) is 27.2. The third-order valence-corrected chi connectivity index (χ3v) is 18.0. The number of carbonyl (C=O) groups is 16. The molecule has 107 heavy (non-hydrogen) atoms. The number of likely N-dealkylation sites (N-methyl/N-ethyl adjacent to an activating group) is 12. The molecule has 0 radical (unpaired) electrons. The molecule has 0 spiro atoms. The van der Waals surface area contributed by atoms with E-state index < -0.39 is 197 Å². The SMILES string of the molecule is CN(CC(N)=O)C(=O)CN(C)C(=O)CN(C)C(=O)CN(C)C(=O)CN(C)C(=O)CN(C)C(=O)CN(C)C(=O)CN(C)C(=O)CN(C)C(=O)CN(C)C(=O)CN(C)C(=O)CN(C)C(=O)[C@H]1OC(NC(=O)CC[C@H](NC(=O)OCC2c3ccccc3-c3ccccc32)C(=O)OCc2ccccc2)[C@@H]2OC(C)(C)O[C@H]12. The lowest BCUT2D eigenvalue weighted by molar-refractivity contribution is -0.195. The molecule has 0 bridgehead atoms. The highest BCUT2D eigenvalue weighted by Gasteiger charge is 2.58. The summed E-state index contributed by atoms with van der Waals surface area (Å²) in [5, 5.41) is 5.29. The topological polar surface area (TPSA) is 408 Å². The summed E-state index contributed by atoms with van der Waals surface area (Å²) in [6, 6.07) is 23.1. The van der Waals surface area contributed by atoms with Gasteiger partial charge in [0.15, 0.2) is 18.1 Å². The van der Waals surface area contributed by atoms with E-state index in [-0.39, 0.29) is 45.1 Å². The molecule has 2 aliphatic heterocycles. The smallest absolute Gasteiger partial charge is 0.407 e. The fourth-order valence-corrected chi connectivity index (χ4v) is 11.3. The number of nitrogens with two attached hydrogens (primary N) is 1. The zero-order valence-corrected chi connectivity index (χ0v) is 62.8. The number of carbonyl (C=O) groups excluding carboxylic acids is 16. The molecule has 2 heterocycles. The number of hydrogen-bond acceptors (Lipinski definition) is 21. The fraction of sp³-hybridized carbons (Fsp3) is 0.521. The Morgan fingerprint density at radius 2 is 0.757 bits per heavy atom. The van der Waals surface area contributed by atoms with Crippen molar-refractivity contribution >= 4 is 94.8 Å². The Hall–Kier alpha value is -11.1. The summed E-state index contributed by atoms with van der Waals surface area (Å²) < 4.78 is 29.6. The first-order chi connectivity index (χ1) is 50.2. The van der Waals surface area contributed by atoms with Gasteiger partial charge in [0.25, 0.3) is 5.91 Å². The van der Waals surface area contributed by atoms with Crippen LogP contribution in [0.3, 0.4) is 0 Å². The number of esters is 1. The minimum Gasteiger partial charge on any atom is -0.459 e. The molecule has 0 aromatic heterocycles. The monoisotopic (exact) mass is 1500 g/mol. The van der Waals surface area contributed by atoms with E-state index in [1.165, 1.54) is 84.6 Å². The minimum atomic E-state index is -1.41. The summed E-state index contributed by atoms with van der Waals surface area (Å²) in [6.45, 7) is -2.86. The van der Waals surface area contributed by atoms with Gasteiger partial charge in [0.05, 0.1) is 78.5 Å². The normalized spacial score (nSPS) is 15.9. The van der Waals surface area contributed by atoms with Crippen LogP contribution in [0.25, 0.3) is 11.1 Å². The third-order valence-electron chi connectivity index (χ3n) is 18.0. The fourth-order valence-electron chi connectivity index (χ4n) is 11.3. The lowest BCUT2D eigenvalue weighted by Gasteiger charge is -2.28. The van der Waals surface area contributed by atoms with Crippen molar-refractivity contribution in [2.75, 3.05) is 170 Å². The Morgan fingerprint density at radius 3 is 1.12 bits per heavy atom. The first-order valence-electron chi connectivity index (χ1n) is 34.0. The van der Waals surface area contributed by atoms with Gasteiger partial charge in [-0.05, 0) is 48.1 Å². The van der Waals surface area contributed by atoms with Crippen molar-refractivity contribution in [1.29, 1.82) is 0 Å². The zero-order chi connectivity index (χ0) is 79.5. The number of benzene rings is 3. The van der Waals surface area contributed by atoms with Crippen LogP contribution in [0.15, 0.2) is 78.9 Å². The number of nitrogens with zero attached hydrogens (tertiary/aromatic N) is 12.